The van der Waals surface area contributed by atoms with Crippen LogP contribution in [0.3, 0.4) is 0 Å². The highest BCUT2D eigenvalue weighted by molar-refractivity contribution is 5.68. The quantitative estimate of drug-likeness (QED) is 0.901. The third-order valence-electron chi connectivity index (χ3n) is 4.49. The summed E-state index contributed by atoms with van der Waals surface area (Å²) in [5, 5.41) is 9.70. The molecule has 1 saturated carbocycles. The zero-order chi connectivity index (χ0) is 13.9. The molecule has 4 nitrogen and oxygen atoms in total. The van der Waals surface area contributed by atoms with E-state index in [1.165, 1.54) is 0 Å². The van der Waals surface area contributed by atoms with Gasteiger partial charge in [-0.3, -0.25) is 0 Å². The molecule has 2 aliphatic rings. The largest absolute Gasteiger partial charge is 0.445 e. The van der Waals surface area contributed by atoms with Crippen molar-refractivity contribution in [3.63, 3.8) is 0 Å². The molecule has 1 heterocycles. The zero-order valence-corrected chi connectivity index (χ0v) is 11.6. The molecule has 0 unspecified atom stereocenters. The highest BCUT2D eigenvalue weighted by Gasteiger charge is 2.39. The van der Waals surface area contributed by atoms with Crippen molar-refractivity contribution in [3.8, 4) is 0 Å². The van der Waals surface area contributed by atoms with Gasteiger partial charge in [0.15, 0.2) is 0 Å². The molecule has 0 spiro atoms. The molecule has 1 aliphatic carbocycles. The van der Waals surface area contributed by atoms with Crippen LogP contribution in [0.25, 0.3) is 0 Å². The minimum atomic E-state index is -0.224. The number of hydrogen-bond acceptors (Lipinski definition) is 3. The third kappa shape index (κ3) is 2.96. The molecule has 1 saturated heterocycles. The number of carbonyl (C=O) groups is 1. The zero-order valence-electron chi connectivity index (χ0n) is 11.6. The first-order valence-electron chi connectivity index (χ1n) is 7.36. The fourth-order valence-electron chi connectivity index (χ4n) is 3.37. The number of ether oxygens (including phenoxy) is 1. The van der Waals surface area contributed by atoms with E-state index in [0.717, 1.165) is 37.9 Å². The number of nitrogens with zero attached hydrogens (tertiary/aromatic N) is 1. The summed E-state index contributed by atoms with van der Waals surface area (Å²) in [5.74, 6) is 0.991. The molecule has 108 valence electrons. The fraction of sp³-hybridized carbons (Fsp3) is 0.562. The minimum absolute atomic E-state index is 0.184. The second kappa shape index (κ2) is 5.83. The average molecular weight is 275 g/mol. The van der Waals surface area contributed by atoms with Crippen molar-refractivity contribution in [1.82, 2.24) is 4.90 Å². The van der Waals surface area contributed by atoms with E-state index < -0.39 is 0 Å². The van der Waals surface area contributed by atoms with Gasteiger partial charge >= 0.3 is 6.09 Å². The second-order valence-corrected chi connectivity index (χ2v) is 5.93. The van der Waals surface area contributed by atoms with Crippen molar-refractivity contribution >= 4 is 6.09 Å². The first kappa shape index (κ1) is 13.4. The van der Waals surface area contributed by atoms with Crippen LogP contribution >= 0.6 is 0 Å². The normalized spacial score (nSPS) is 29.1. The molecule has 3 rings (SSSR count). The summed E-state index contributed by atoms with van der Waals surface area (Å²) >= 11 is 0. The van der Waals surface area contributed by atoms with E-state index in [0.29, 0.717) is 18.4 Å². The van der Waals surface area contributed by atoms with Crippen molar-refractivity contribution in [2.75, 3.05) is 13.1 Å². The fourth-order valence-corrected chi connectivity index (χ4v) is 3.37. The summed E-state index contributed by atoms with van der Waals surface area (Å²) in [6.07, 6.45) is 2.31. The molecule has 20 heavy (non-hydrogen) atoms. The van der Waals surface area contributed by atoms with Gasteiger partial charge in [0.25, 0.3) is 0 Å². The molecule has 0 radical (unpaired) electrons. The molecule has 4 heteroatoms. The first-order valence-corrected chi connectivity index (χ1v) is 7.36. The molecule has 0 bridgehead atoms. The van der Waals surface area contributed by atoms with Crippen LogP contribution in [0.15, 0.2) is 30.3 Å². The number of amides is 1. The summed E-state index contributed by atoms with van der Waals surface area (Å²) < 4.78 is 5.37. The SMILES string of the molecule is O=C(OCc1ccccc1)N1C[C@H]2CC[C@@H](O)C[C@H]2C1. The van der Waals surface area contributed by atoms with Gasteiger partial charge in [0.1, 0.15) is 6.61 Å². The molecule has 1 aromatic carbocycles. The van der Waals surface area contributed by atoms with E-state index in [9.17, 15) is 9.90 Å². The van der Waals surface area contributed by atoms with Crippen molar-refractivity contribution < 1.29 is 14.6 Å². The van der Waals surface area contributed by atoms with Crippen LogP contribution in [0.4, 0.5) is 4.79 Å². The lowest BCUT2D eigenvalue weighted by Crippen LogP contribution is -2.29. The van der Waals surface area contributed by atoms with E-state index >= 15 is 0 Å². The van der Waals surface area contributed by atoms with Crippen LogP contribution in [-0.2, 0) is 11.3 Å². The highest BCUT2D eigenvalue weighted by Crippen LogP contribution is 2.36. The van der Waals surface area contributed by atoms with Gasteiger partial charge in [-0.2, -0.15) is 0 Å². The van der Waals surface area contributed by atoms with E-state index in [1.54, 1.807) is 4.90 Å². The van der Waals surface area contributed by atoms with Gasteiger partial charge in [0.2, 0.25) is 0 Å². The highest BCUT2D eigenvalue weighted by atomic mass is 16.6. The topological polar surface area (TPSA) is 49.8 Å². The van der Waals surface area contributed by atoms with Gasteiger partial charge in [0, 0.05) is 13.1 Å². The smallest absolute Gasteiger partial charge is 0.410 e. The molecular formula is C16H21NO3. The number of rotatable bonds is 2. The van der Waals surface area contributed by atoms with Gasteiger partial charge in [-0.25, -0.2) is 4.79 Å². The lowest BCUT2D eigenvalue weighted by molar-refractivity contribution is 0.0859. The van der Waals surface area contributed by atoms with E-state index in [4.69, 9.17) is 4.74 Å². The molecule has 3 atom stereocenters. The van der Waals surface area contributed by atoms with Gasteiger partial charge in [-0.1, -0.05) is 30.3 Å². The molecule has 0 aromatic heterocycles. The molecule has 2 fully saturated rings. The van der Waals surface area contributed by atoms with Crippen LogP contribution < -0.4 is 0 Å². The monoisotopic (exact) mass is 275 g/mol. The Morgan fingerprint density at radius 2 is 1.95 bits per heavy atom. The minimum Gasteiger partial charge on any atom is -0.445 e. The summed E-state index contributed by atoms with van der Waals surface area (Å²) in [6, 6.07) is 9.73. The van der Waals surface area contributed by atoms with Gasteiger partial charge in [-0.15, -0.1) is 0 Å². The van der Waals surface area contributed by atoms with E-state index in [-0.39, 0.29) is 12.2 Å². The Hall–Kier alpha value is -1.55. The average Bonchev–Trinajstić information content (AvgIpc) is 2.89. The maximum atomic E-state index is 12.1. The first-order chi connectivity index (χ1) is 9.72. The molecule has 1 aliphatic heterocycles. The summed E-state index contributed by atoms with van der Waals surface area (Å²) in [5.41, 5.74) is 1.01. The molecule has 1 N–H and O–H groups in total. The van der Waals surface area contributed by atoms with Gasteiger partial charge in [-0.05, 0) is 36.7 Å². The Morgan fingerprint density at radius 1 is 1.20 bits per heavy atom. The van der Waals surface area contributed by atoms with Crippen molar-refractivity contribution in [1.29, 1.82) is 0 Å². The van der Waals surface area contributed by atoms with Gasteiger partial charge < -0.3 is 14.7 Å². The summed E-state index contributed by atoms with van der Waals surface area (Å²) in [4.78, 5) is 13.9. The number of hydrogen-bond donors (Lipinski definition) is 1. The number of carbonyl (C=O) groups excluding carboxylic acids is 1. The predicted molar refractivity (Wildman–Crippen MR) is 75.0 cm³/mol. The molecule has 1 amide bonds. The van der Waals surface area contributed by atoms with E-state index in [2.05, 4.69) is 0 Å². The Bertz CT molecular complexity index is 462. The number of likely N-dealkylation sites (tertiary alicyclic amines) is 1. The summed E-state index contributed by atoms with van der Waals surface area (Å²) in [7, 11) is 0. The van der Waals surface area contributed by atoms with Crippen molar-refractivity contribution in [2.45, 2.75) is 32.0 Å². The second-order valence-electron chi connectivity index (χ2n) is 5.93. The Labute approximate surface area is 119 Å². The number of aliphatic hydroxyl groups is 1. The maximum Gasteiger partial charge on any atom is 0.410 e. The van der Waals surface area contributed by atoms with Crippen LogP contribution in [0.1, 0.15) is 24.8 Å². The van der Waals surface area contributed by atoms with Crippen LogP contribution in [0.2, 0.25) is 0 Å². The lowest BCUT2D eigenvalue weighted by atomic mass is 9.80. The predicted octanol–water partition coefficient (Wildman–Crippen LogP) is 2.42. The van der Waals surface area contributed by atoms with Crippen molar-refractivity contribution in [2.24, 2.45) is 11.8 Å². The van der Waals surface area contributed by atoms with Crippen LogP contribution in [0.5, 0.6) is 0 Å². The molecular weight excluding hydrogens is 254 g/mol. The number of fused-ring (bicyclic) bond motifs is 1. The number of aliphatic hydroxyl groups excluding tert-OH is 1. The third-order valence-corrected chi connectivity index (χ3v) is 4.49. The Kier molecular flexibility index (Phi) is 3.92. The van der Waals surface area contributed by atoms with Crippen molar-refractivity contribution in [3.05, 3.63) is 35.9 Å². The Morgan fingerprint density at radius 3 is 2.75 bits per heavy atom. The summed E-state index contributed by atoms with van der Waals surface area (Å²) in [6.45, 7) is 1.84. The number of benzene rings is 1. The van der Waals surface area contributed by atoms with Crippen LogP contribution in [-0.4, -0.2) is 35.3 Å². The standard InChI is InChI=1S/C16H21NO3/c18-15-7-6-13-9-17(10-14(13)8-15)16(19)20-11-12-4-2-1-3-5-12/h1-5,13-15,18H,6-11H2/t13-,14+,15-/m1/s1. The van der Waals surface area contributed by atoms with Crippen LogP contribution in [0, 0.1) is 11.8 Å². The maximum absolute atomic E-state index is 12.1. The molecule has 1 aromatic rings. The van der Waals surface area contributed by atoms with Gasteiger partial charge in [0.05, 0.1) is 6.10 Å². The Balaban J connectivity index is 1.51. The van der Waals surface area contributed by atoms with E-state index in [1.807, 2.05) is 30.3 Å². The lowest BCUT2D eigenvalue weighted by Gasteiger charge is -2.27.